The molecule has 0 aliphatic heterocycles. The van der Waals surface area contributed by atoms with Crippen molar-refractivity contribution in [1.29, 1.82) is 0 Å². The Balaban J connectivity index is 1.04. The van der Waals surface area contributed by atoms with E-state index in [1.54, 1.807) is 0 Å². The molecule has 276 valence electrons. The van der Waals surface area contributed by atoms with Gasteiger partial charge in [-0.05, 0) is 93.0 Å². The molecule has 0 saturated carbocycles. The number of anilines is 3. The first-order chi connectivity index (χ1) is 29.3. The monoisotopic (exact) mass is 768 g/mol. The molecule has 0 fully saturated rings. The summed E-state index contributed by atoms with van der Waals surface area (Å²) in [6.07, 6.45) is 0. The average Bonchev–Trinajstić information content (AvgIpc) is 3.86. The van der Waals surface area contributed by atoms with Gasteiger partial charge in [0.1, 0.15) is 0 Å². The Morgan fingerprint density at radius 3 is 1.85 bits per heavy atom. The van der Waals surface area contributed by atoms with Gasteiger partial charge in [-0.15, -0.1) is 11.3 Å². The van der Waals surface area contributed by atoms with Gasteiger partial charge in [0.25, 0.3) is 0 Å². The van der Waals surface area contributed by atoms with Crippen molar-refractivity contribution in [2.24, 2.45) is 0 Å². The predicted octanol–water partition coefficient (Wildman–Crippen LogP) is 16.3. The maximum Gasteiger partial charge on any atom is 0.0640 e. The number of para-hydroxylation sites is 1. The van der Waals surface area contributed by atoms with Crippen molar-refractivity contribution in [3.63, 3.8) is 0 Å². The normalized spacial score (nSPS) is 11.7. The molecule has 10 aromatic carbocycles. The molecule has 0 N–H and O–H groups in total. The van der Waals surface area contributed by atoms with Crippen molar-refractivity contribution < 1.29 is 0 Å². The summed E-state index contributed by atoms with van der Waals surface area (Å²) in [6, 6.07) is 79.9. The third kappa shape index (κ3) is 5.40. The number of hydrogen-bond donors (Lipinski definition) is 0. The van der Waals surface area contributed by atoms with Gasteiger partial charge in [0, 0.05) is 43.0 Å². The Labute approximate surface area is 346 Å². The molecule has 0 spiro atoms. The van der Waals surface area contributed by atoms with E-state index in [4.69, 9.17) is 0 Å². The third-order valence-electron chi connectivity index (χ3n) is 12.0. The fraction of sp³-hybridized carbons (Fsp3) is 0. The van der Waals surface area contributed by atoms with E-state index in [0.717, 1.165) is 17.1 Å². The molecule has 0 aliphatic rings. The molecule has 0 saturated heterocycles. The van der Waals surface area contributed by atoms with Crippen LogP contribution in [0.4, 0.5) is 17.1 Å². The molecule has 2 nitrogen and oxygen atoms in total. The number of aromatic nitrogens is 1. The first kappa shape index (κ1) is 33.7. The van der Waals surface area contributed by atoms with Crippen LogP contribution in [0, 0.1) is 0 Å². The summed E-state index contributed by atoms with van der Waals surface area (Å²) in [5, 5.41) is 10.1. The third-order valence-corrected chi connectivity index (χ3v) is 13.2. The highest BCUT2D eigenvalue weighted by Gasteiger charge is 2.21. The van der Waals surface area contributed by atoms with E-state index in [9.17, 15) is 0 Å². The fourth-order valence-corrected chi connectivity index (χ4v) is 10.5. The smallest absolute Gasteiger partial charge is 0.0640 e. The summed E-state index contributed by atoms with van der Waals surface area (Å²) in [4.78, 5) is 2.42. The number of thiophene rings is 1. The van der Waals surface area contributed by atoms with E-state index in [1.807, 2.05) is 11.3 Å². The van der Waals surface area contributed by atoms with Crippen LogP contribution in [0.3, 0.4) is 0 Å². The number of benzene rings is 10. The van der Waals surface area contributed by atoms with E-state index < -0.39 is 0 Å². The molecular formula is C56H36N2S. The second-order valence-electron chi connectivity index (χ2n) is 15.3. The minimum Gasteiger partial charge on any atom is -0.310 e. The molecule has 3 heteroatoms. The van der Waals surface area contributed by atoms with Gasteiger partial charge in [0.15, 0.2) is 0 Å². The molecule has 59 heavy (non-hydrogen) atoms. The van der Waals surface area contributed by atoms with Gasteiger partial charge in [-0.2, -0.15) is 0 Å². The van der Waals surface area contributed by atoms with Crippen LogP contribution in [0.5, 0.6) is 0 Å². The Morgan fingerprint density at radius 2 is 0.983 bits per heavy atom. The zero-order valence-electron chi connectivity index (χ0n) is 32.1. The Bertz CT molecular complexity index is 3560. The number of rotatable bonds is 6. The molecule has 0 unspecified atom stereocenters. The van der Waals surface area contributed by atoms with Crippen molar-refractivity contribution >= 4 is 91.9 Å². The molecule has 0 atom stereocenters. The number of hydrogen-bond acceptors (Lipinski definition) is 2. The topological polar surface area (TPSA) is 8.17 Å². The van der Waals surface area contributed by atoms with Crippen LogP contribution in [0.1, 0.15) is 0 Å². The molecule has 0 radical (unpaired) electrons. The molecular weight excluding hydrogens is 733 g/mol. The van der Waals surface area contributed by atoms with Crippen LogP contribution in [-0.2, 0) is 0 Å². The van der Waals surface area contributed by atoms with Gasteiger partial charge in [-0.3, -0.25) is 0 Å². The second kappa shape index (κ2) is 13.6. The van der Waals surface area contributed by atoms with Gasteiger partial charge in [0.2, 0.25) is 0 Å². The average molecular weight is 769 g/mol. The van der Waals surface area contributed by atoms with Crippen molar-refractivity contribution in [3.8, 4) is 27.9 Å². The zero-order valence-corrected chi connectivity index (χ0v) is 32.9. The number of nitrogens with zero attached hydrogens (tertiary/aromatic N) is 2. The highest BCUT2D eigenvalue weighted by Crippen LogP contribution is 2.45. The summed E-state index contributed by atoms with van der Waals surface area (Å²) in [5.74, 6) is 0. The van der Waals surface area contributed by atoms with Gasteiger partial charge in [-0.1, -0.05) is 164 Å². The Kier molecular flexibility index (Phi) is 7.75. The highest BCUT2D eigenvalue weighted by atomic mass is 32.1. The van der Waals surface area contributed by atoms with E-state index in [0.29, 0.717) is 0 Å². The first-order valence-corrected chi connectivity index (χ1v) is 21.0. The molecule has 2 aromatic heterocycles. The predicted molar refractivity (Wildman–Crippen MR) is 254 cm³/mol. The maximum atomic E-state index is 2.48. The SMILES string of the molecule is c1cc(-c2cccc3c2c2ccccc2n3-c2cccc3c2sc2ccccc23)cc(N(c2ccc(-c3cccc4ccccc34)cc2)c2cccc3ccccc23)c1. The van der Waals surface area contributed by atoms with E-state index in [-0.39, 0.29) is 0 Å². The lowest BCUT2D eigenvalue weighted by atomic mass is 9.97. The summed E-state index contributed by atoms with van der Waals surface area (Å²) < 4.78 is 5.10. The lowest BCUT2D eigenvalue weighted by molar-refractivity contribution is 1.20. The van der Waals surface area contributed by atoms with Gasteiger partial charge in [0.05, 0.1) is 27.1 Å². The van der Waals surface area contributed by atoms with Crippen molar-refractivity contribution in [2.45, 2.75) is 0 Å². The molecule has 12 rings (SSSR count). The van der Waals surface area contributed by atoms with Crippen LogP contribution in [-0.4, -0.2) is 4.57 Å². The lowest BCUT2D eigenvalue weighted by Gasteiger charge is -2.27. The fourth-order valence-electron chi connectivity index (χ4n) is 9.34. The van der Waals surface area contributed by atoms with Gasteiger partial charge < -0.3 is 9.47 Å². The Hall–Kier alpha value is -7.46. The van der Waals surface area contributed by atoms with Crippen LogP contribution in [0.15, 0.2) is 218 Å². The summed E-state index contributed by atoms with van der Waals surface area (Å²) in [6.45, 7) is 0. The summed E-state index contributed by atoms with van der Waals surface area (Å²) in [5.41, 5.74) is 11.8. The molecule has 12 aromatic rings. The highest BCUT2D eigenvalue weighted by molar-refractivity contribution is 7.26. The zero-order chi connectivity index (χ0) is 38.9. The Morgan fingerprint density at radius 1 is 0.373 bits per heavy atom. The maximum absolute atomic E-state index is 2.48. The minimum atomic E-state index is 1.10. The second-order valence-corrected chi connectivity index (χ2v) is 16.3. The molecule has 0 amide bonds. The van der Waals surface area contributed by atoms with Crippen molar-refractivity contribution in [2.75, 3.05) is 4.90 Å². The van der Waals surface area contributed by atoms with Crippen LogP contribution < -0.4 is 4.90 Å². The van der Waals surface area contributed by atoms with Crippen LogP contribution >= 0.6 is 11.3 Å². The first-order valence-electron chi connectivity index (χ1n) is 20.2. The van der Waals surface area contributed by atoms with Crippen molar-refractivity contribution in [1.82, 2.24) is 4.57 Å². The van der Waals surface area contributed by atoms with E-state index in [1.165, 1.54) is 91.5 Å². The quantitative estimate of drug-likeness (QED) is 0.164. The standard InChI is InChI=1S/C56H36N2S/c1-3-20-43-37(14-1)16-10-24-44(43)39-32-34-41(35-33-39)57(50-28-11-17-38-15-2-4-21-45(38)50)42-19-9-18-40(36-42)46-25-12-29-52-55(46)49-23-5-7-27-51(49)58(52)53-30-13-26-48-47-22-6-8-31-54(47)59-56(48)53/h1-36H. The summed E-state index contributed by atoms with van der Waals surface area (Å²) in [7, 11) is 0. The van der Waals surface area contributed by atoms with Crippen LogP contribution in [0.25, 0.3) is 91.5 Å². The minimum absolute atomic E-state index is 1.10. The van der Waals surface area contributed by atoms with Crippen LogP contribution in [0.2, 0.25) is 0 Å². The largest absolute Gasteiger partial charge is 0.310 e. The van der Waals surface area contributed by atoms with E-state index in [2.05, 4.69) is 228 Å². The number of fused-ring (bicyclic) bond motifs is 8. The van der Waals surface area contributed by atoms with Gasteiger partial charge >= 0.3 is 0 Å². The molecule has 0 bridgehead atoms. The summed E-state index contributed by atoms with van der Waals surface area (Å²) >= 11 is 1.88. The lowest BCUT2D eigenvalue weighted by Crippen LogP contribution is -2.10. The van der Waals surface area contributed by atoms with E-state index >= 15 is 0 Å². The van der Waals surface area contributed by atoms with Gasteiger partial charge in [-0.25, -0.2) is 0 Å². The molecule has 2 heterocycles. The molecule has 0 aliphatic carbocycles. The van der Waals surface area contributed by atoms with Crippen molar-refractivity contribution in [3.05, 3.63) is 218 Å².